The minimum Gasteiger partial charge on any atom is -0.443 e. The van der Waals surface area contributed by atoms with Gasteiger partial charge in [-0.3, -0.25) is 9.78 Å². The van der Waals surface area contributed by atoms with Crippen molar-refractivity contribution < 1.29 is 14.3 Å². The summed E-state index contributed by atoms with van der Waals surface area (Å²) in [5, 5.41) is 2.14. The molecule has 0 bridgehead atoms. The predicted octanol–water partition coefficient (Wildman–Crippen LogP) is 5.16. The lowest BCUT2D eigenvalue weighted by atomic mass is 10.0. The largest absolute Gasteiger partial charge is 0.443 e. The molecule has 0 aliphatic carbocycles. The van der Waals surface area contributed by atoms with Gasteiger partial charge in [-0.2, -0.15) is 0 Å². The number of carbonyl (C=O) groups excluding carboxylic acids is 2. The maximum absolute atomic E-state index is 13.3. The van der Waals surface area contributed by atoms with Crippen molar-refractivity contribution in [3.63, 3.8) is 0 Å². The van der Waals surface area contributed by atoms with Crippen LogP contribution < -0.4 is 0 Å². The van der Waals surface area contributed by atoms with Crippen LogP contribution in [-0.4, -0.2) is 33.5 Å². The van der Waals surface area contributed by atoms with Crippen molar-refractivity contribution in [2.24, 2.45) is 0 Å². The number of nitrogens with zero attached hydrogens (tertiary/aromatic N) is 2. The first-order valence-electron chi connectivity index (χ1n) is 9.12. The molecule has 0 saturated heterocycles. The second-order valence-corrected chi connectivity index (χ2v) is 9.01. The van der Waals surface area contributed by atoms with Gasteiger partial charge in [0.25, 0.3) is 5.91 Å². The first kappa shape index (κ1) is 17.9. The highest BCUT2D eigenvalue weighted by Crippen LogP contribution is 2.39. The molecule has 1 atom stereocenters. The Bertz CT molecular complexity index is 1060. The van der Waals surface area contributed by atoms with Crippen molar-refractivity contribution in [2.75, 3.05) is 0 Å². The standard InChI is InChI=1S/C21H22N2O3S/c1-12-7-8-14-17-13-6-5-11-22-15(13)9-10-16(17)27-18(14)19(24)23(12)20(25)26-21(2,3)4/h5-6,9-12H,7-8H2,1-4H3/t12-/m0/s1. The van der Waals surface area contributed by atoms with E-state index in [9.17, 15) is 9.59 Å². The number of carbonyl (C=O) groups is 2. The second kappa shape index (κ2) is 6.30. The van der Waals surface area contributed by atoms with Crippen LogP contribution in [0.2, 0.25) is 0 Å². The van der Waals surface area contributed by atoms with Gasteiger partial charge < -0.3 is 4.74 Å². The Morgan fingerprint density at radius 1 is 1.30 bits per heavy atom. The smallest absolute Gasteiger partial charge is 0.417 e. The minimum absolute atomic E-state index is 0.213. The fourth-order valence-electron chi connectivity index (χ4n) is 3.59. The van der Waals surface area contributed by atoms with Crippen LogP contribution in [0.15, 0.2) is 30.5 Å². The van der Waals surface area contributed by atoms with Gasteiger partial charge >= 0.3 is 6.09 Å². The molecule has 5 nitrogen and oxygen atoms in total. The Kier molecular flexibility index (Phi) is 4.18. The highest BCUT2D eigenvalue weighted by atomic mass is 32.1. The Morgan fingerprint density at radius 3 is 2.81 bits per heavy atom. The van der Waals surface area contributed by atoms with Crippen molar-refractivity contribution in [3.05, 3.63) is 40.9 Å². The third-order valence-electron chi connectivity index (χ3n) is 4.79. The van der Waals surface area contributed by atoms with Gasteiger partial charge in [0.05, 0.1) is 10.4 Å². The Labute approximate surface area is 161 Å². The summed E-state index contributed by atoms with van der Waals surface area (Å²) in [6, 6.07) is 7.74. The highest BCUT2D eigenvalue weighted by Gasteiger charge is 2.37. The Hall–Kier alpha value is -2.47. The van der Waals surface area contributed by atoms with Gasteiger partial charge in [-0.1, -0.05) is 6.07 Å². The SMILES string of the molecule is C[C@H]1CCc2c(sc3ccc4ncccc4c23)C(=O)N1C(=O)OC(C)(C)C. The number of ether oxygens (including phenoxy) is 1. The molecule has 1 aliphatic heterocycles. The monoisotopic (exact) mass is 382 g/mol. The fraction of sp³-hybridized carbons (Fsp3) is 0.381. The van der Waals surface area contributed by atoms with E-state index in [1.165, 1.54) is 16.2 Å². The summed E-state index contributed by atoms with van der Waals surface area (Å²) >= 11 is 1.45. The number of fused-ring (bicyclic) bond motifs is 5. The van der Waals surface area contributed by atoms with Crippen LogP contribution in [0, 0.1) is 0 Å². The number of hydrogen-bond acceptors (Lipinski definition) is 5. The Balaban J connectivity index is 1.86. The van der Waals surface area contributed by atoms with Crippen LogP contribution in [0.25, 0.3) is 21.0 Å². The van der Waals surface area contributed by atoms with Crippen LogP contribution in [-0.2, 0) is 11.2 Å². The van der Waals surface area contributed by atoms with Crippen molar-refractivity contribution in [1.82, 2.24) is 9.88 Å². The number of amides is 2. The zero-order valence-corrected chi connectivity index (χ0v) is 16.7. The van der Waals surface area contributed by atoms with Crippen LogP contribution in [0.1, 0.15) is 49.4 Å². The Morgan fingerprint density at radius 2 is 2.07 bits per heavy atom. The molecule has 0 N–H and O–H groups in total. The number of rotatable bonds is 0. The maximum Gasteiger partial charge on any atom is 0.417 e. The molecule has 2 amide bonds. The van der Waals surface area contributed by atoms with E-state index >= 15 is 0 Å². The van der Waals surface area contributed by atoms with E-state index < -0.39 is 11.7 Å². The van der Waals surface area contributed by atoms with Gasteiger partial charge in [0.1, 0.15) is 5.60 Å². The molecule has 6 heteroatoms. The quantitative estimate of drug-likeness (QED) is 0.539. The van der Waals surface area contributed by atoms with Gasteiger partial charge in [0.2, 0.25) is 0 Å². The lowest BCUT2D eigenvalue weighted by Crippen LogP contribution is -2.45. The topological polar surface area (TPSA) is 59.5 Å². The van der Waals surface area contributed by atoms with Gasteiger partial charge in [0, 0.05) is 27.7 Å². The molecule has 0 radical (unpaired) electrons. The molecule has 4 rings (SSSR count). The predicted molar refractivity (Wildman–Crippen MR) is 107 cm³/mol. The zero-order valence-electron chi connectivity index (χ0n) is 15.9. The van der Waals surface area contributed by atoms with Crippen molar-refractivity contribution in [1.29, 1.82) is 0 Å². The van der Waals surface area contributed by atoms with Gasteiger partial charge in [0.15, 0.2) is 0 Å². The normalized spacial score (nSPS) is 17.9. The third-order valence-corrected chi connectivity index (χ3v) is 5.98. The average Bonchev–Trinajstić information content (AvgIpc) is 2.92. The summed E-state index contributed by atoms with van der Waals surface area (Å²) in [5.74, 6) is -0.262. The number of pyridine rings is 1. The number of thiophene rings is 1. The van der Waals surface area contributed by atoms with E-state index in [4.69, 9.17) is 4.74 Å². The van der Waals surface area contributed by atoms with Crippen LogP contribution in [0.3, 0.4) is 0 Å². The van der Waals surface area contributed by atoms with E-state index in [0.29, 0.717) is 11.3 Å². The van der Waals surface area contributed by atoms with E-state index in [1.807, 2.05) is 52.0 Å². The summed E-state index contributed by atoms with van der Waals surface area (Å²) in [6.45, 7) is 7.33. The van der Waals surface area contributed by atoms with Crippen molar-refractivity contribution in [2.45, 2.75) is 52.2 Å². The summed E-state index contributed by atoms with van der Waals surface area (Å²) in [6.07, 6.45) is 2.66. The number of hydrogen-bond donors (Lipinski definition) is 0. The lowest BCUT2D eigenvalue weighted by Gasteiger charge is -2.28. The maximum atomic E-state index is 13.3. The number of aryl methyl sites for hydroxylation is 1. The number of aromatic nitrogens is 1. The van der Waals surface area contributed by atoms with Gasteiger partial charge in [-0.25, -0.2) is 9.69 Å². The summed E-state index contributed by atoms with van der Waals surface area (Å²) in [5.41, 5.74) is 1.30. The molecule has 3 heterocycles. The molecular formula is C21H22N2O3S. The molecular weight excluding hydrogens is 360 g/mol. The molecule has 1 aromatic carbocycles. The molecule has 0 spiro atoms. The first-order valence-corrected chi connectivity index (χ1v) is 9.93. The van der Waals surface area contributed by atoms with Gasteiger partial charge in [-0.05, 0) is 64.3 Å². The van der Waals surface area contributed by atoms with E-state index in [2.05, 4.69) is 4.98 Å². The number of benzene rings is 1. The van der Waals surface area contributed by atoms with Crippen molar-refractivity contribution >= 4 is 44.3 Å². The average molecular weight is 382 g/mol. The van der Waals surface area contributed by atoms with E-state index in [-0.39, 0.29) is 11.9 Å². The van der Waals surface area contributed by atoms with Crippen LogP contribution >= 0.6 is 11.3 Å². The number of imide groups is 1. The minimum atomic E-state index is -0.645. The van der Waals surface area contributed by atoms with E-state index in [1.54, 1.807) is 6.20 Å². The molecule has 0 unspecified atom stereocenters. The zero-order chi connectivity index (χ0) is 19.3. The lowest BCUT2D eigenvalue weighted by molar-refractivity contribution is 0.0180. The summed E-state index contributed by atoms with van der Waals surface area (Å²) in [4.78, 5) is 32.4. The molecule has 27 heavy (non-hydrogen) atoms. The van der Waals surface area contributed by atoms with E-state index in [0.717, 1.165) is 33.0 Å². The fourth-order valence-corrected chi connectivity index (χ4v) is 4.80. The van der Waals surface area contributed by atoms with Crippen LogP contribution in [0.4, 0.5) is 4.79 Å². The highest BCUT2D eigenvalue weighted by molar-refractivity contribution is 7.21. The molecule has 2 aromatic heterocycles. The molecule has 0 fully saturated rings. The molecule has 1 aliphatic rings. The van der Waals surface area contributed by atoms with Gasteiger partial charge in [-0.15, -0.1) is 11.3 Å². The van der Waals surface area contributed by atoms with Crippen LogP contribution in [0.5, 0.6) is 0 Å². The summed E-state index contributed by atoms with van der Waals surface area (Å²) < 4.78 is 6.54. The third kappa shape index (κ3) is 3.08. The van der Waals surface area contributed by atoms with Crippen molar-refractivity contribution in [3.8, 4) is 0 Å². The molecule has 0 saturated carbocycles. The molecule has 3 aromatic rings. The second-order valence-electron chi connectivity index (χ2n) is 7.96. The first-order chi connectivity index (χ1) is 12.8. The summed E-state index contributed by atoms with van der Waals surface area (Å²) in [7, 11) is 0. The molecule has 140 valence electrons.